The van der Waals surface area contributed by atoms with Gasteiger partial charge in [-0.1, -0.05) is 19.4 Å². The number of nitrogens with zero attached hydrogens (tertiary/aromatic N) is 2. The van der Waals surface area contributed by atoms with Crippen molar-refractivity contribution in [2.75, 3.05) is 0 Å². The zero-order chi connectivity index (χ0) is 10.8. The van der Waals surface area contributed by atoms with Crippen molar-refractivity contribution >= 4 is 0 Å². The average molecular weight is 203 g/mol. The highest BCUT2D eigenvalue weighted by Crippen LogP contribution is 1.99. The topological polar surface area (TPSA) is 41.6 Å². The van der Waals surface area contributed by atoms with Crippen LogP contribution in [0.4, 0.5) is 0 Å². The van der Waals surface area contributed by atoms with Crippen LogP contribution in [0, 0.1) is 0 Å². The summed E-state index contributed by atoms with van der Waals surface area (Å²) >= 11 is 0. The number of aromatic nitrogens is 3. The van der Waals surface area contributed by atoms with Crippen LogP contribution >= 0.6 is 0 Å². The SMILES string of the molecule is CCCCc1ccccn1.c1cn[nH]c1. The second kappa shape index (κ2) is 7.74. The molecule has 0 radical (unpaired) electrons. The van der Waals surface area contributed by atoms with Crippen LogP contribution in [0.25, 0.3) is 0 Å². The van der Waals surface area contributed by atoms with Gasteiger partial charge in [0.05, 0.1) is 0 Å². The Morgan fingerprint density at radius 3 is 2.60 bits per heavy atom. The highest BCUT2D eigenvalue weighted by molar-refractivity contribution is 5.03. The molecule has 0 atom stereocenters. The Hall–Kier alpha value is -1.64. The van der Waals surface area contributed by atoms with Gasteiger partial charge < -0.3 is 0 Å². The normalized spacial score (nSPS) is 9.13. The molecule has 0 aromatic carbocycles. The van der Waals surface area contributed by atoms with E-state index in [1.54, 1.807) is 12.4 Å². The number of hydrogen-bond acceptors (Lipinski definition) is 2. The summed E-state index contributed by atoms with van der Waals surface area (Å²) in [6.07, 6.45) is 8.93. The molecule has 0 spiro atoms. The van der Waals surface area contributed by atoms with Gasteiger partial charge in [0.25, 0.3) is 0 Å². The summed E-state index contributed by atoms with van der Waals surface area (Å²) in [4.78, 5) is 4.22. The number of rotatable bonds is 3. The fourth-order valence-electron chi connectivity index (χ4n) is 1.12. The highest BCUT2D eigenvalue weighted by Gasteiger charge is 1.89. The molecule has 0 amide bonds. The molecule has 0 aliphatic rings. The minimum atomic E-state index is 1.12. The van der Waals surface area contributed by atoms with Crippen LogP contribution in [-0.2, 0) is 6.42 Å². The molecular weight excluding hydrogens is 186 g/mol. The third-order valence-corrected chi connectivity index (χ3v) is 1.92. The predicted octanol–water partition coefficient (Wildman–Crippen LogP) is 2.83. The number of aryl methyl sites for hydroxylation is 1. The third-order valence-electron chi connectivity index (χ3n) is 1.92. The van der Waals surface area contributed by atoms with Gasteiger partial charge in [0.2, 0.25) is 0 Å². The first-order chi connectivity index (χ1) is 7.43. The lowest BCUT2D eigenvalue weighted by Crippen LogP contribution is -1.86. The molecule has 0 aliphatic heterocycles. The van der Waals surface area contributed by atoms with Crippen molar-refractivity contribution in [3.05, 3.63) is 48.5 Å². The quantitative estimate of drug-likeness (QED) is 0.833. The van der Waals surface area contributed by atoms with Gasteiger partial charge in [-0.15, -0.1) is 0 Å². The molecule has 2 aromatic rings. The van der Waals surface area contributed by atoms with Gasteiger partial charge in [-0.05, 0) is 31.0 Å². The monoisotopic (exact) mass is 203 g/mol. The van der Waals surface area contributed by atoms with Crippen molar-refractivity contribution in [1.29, 1.82) is 0 Å². The molecule has 3 heteroatoms. The van der Waals surface area contributed by atoms with E-state index in [0.717, 1.165) is 6.42 Å². The van der Waals surface area contributed by atoms with Gasteiger partial charge in [0.1, 0.15) is 0 Å². The molecule has 0 unspecified atom stereocenters. The number of hydrogen-bond donors (Lipinski definition) is 1. The average Bonchev–Trinajstić information content (AvgIpc) is 2.86. The van der Waals surface area contributed by atoms with E-state index in [-0.39, 0.29) is 0 Å². The number of nitrogens with one attached hydrogen (secondary N) is 1. The molecule has 80 valence electrons. The van der Waals surface area contributed by atoms with Crippen molar-refractivity contribution in [1.82, 2.24) is 15.2 Å². The summed E-state index contributed by atoms with van der Waals surface area (Å²) in [5, 5.41) is 6.21. The minimum Gasteiger partial charge on any atom is -0.286 e. The van der Waals surface area contributed by atoms with Gasteiger partial charge in [-0.3, -0.25) is 10.1 Å². The van der Waals surface area contributed by atoms with E-state index in [1.165, 1.54) is 18.5 Å². The molecule has 2 heterocycles. The van der Waals surface area contributed by atoms with E-state index < -0.39 is 0 Å². The van der Waals surface area contributed by atoms with Crippen molar-refractivity contribution in [2.45, 2.75) is 26.2 Å². The summed E-state index contributed by atoms with van der Waals surface area (Å²) in [5.74, 6) is 0. The lowest BCUT2D eigenvalue weighted by molar-refractivity contribution is 0.777. The van der Waals surface area contributed by atoms with E-state index in [2.05, 4.69) is 28.2 Å². The maximum absolute atomic E-state index is 4.22. The summed E-state index contributed by atoms with van der Waals surface area (Å²) in [7, 11) is 0. The lowest BCUT2D eigenvalue weighted by Gasteiger charge is -1.95. The number of pyridine rings is 1. The van der Waals surface area contributed by atoms with E-state index in [1.807, 2.05) is 24.4 Å². The van der Waals surface area contributed by atoms with Gasteiger partial charge in [0, 0.05) is 24.3 Å². The Morgan fingerprint density at radius 2 is 2.13 bits per heavy atom. The van der Waals surface area contributed by atoms with Crippen LogP contribution in [0.5, 0.6) is 0 Å². The van der Waals surface area contributed by atoms with E-state index in [4.69, 9.17) is 0 Å². The van der Waals surface area contributed by atoms with E-state index >= 15 is 0 Å². The summed E-state index contributed by atoms with van der Waals surface area (Å²) < 4.78 is 0. The molecule has 0 saturated heterocycles. The van der Waals surface area contributed by atoms with Crippen molar-refractivity contribution in [2.24, 2.45) is 0 Å². The molecule has 0 aliphatic carbocycles. The first-order valence-electron chi connectivity index (χ1n) is 5.27. The Bertz CT molecular complexity index is 299. The maximum Gasteiger partial charge on any atom is 0.0487 e. The van der Waals surface area contributed by atoms with Gasteiger partial charge in [0.15, 0.2) is 0 Å². The van der Waals surface area contributed by atoms with E-state index in [0.29, 0.717) is 0 Å². The molecule has 3 nitrogen and oxygen atoms in total. The molecule has 0 fully saturated rings. The third kappa shape index (κ3) is 5.62. The Kier molecular flexibility index (Phi) is 5.90. The molecule has 1 N–H and O–H groups in total. The Balaban J connectivity index is 0.000000187. The summed E-state index contributed by atoms with van der Waals surface area (Å²) in [5.41, 5.74) is 1.21. The predicted molar refractivity (Wildman–Crippen MR) is 61.4 cm³/mol. The molecular formula is C12H17N3. The zero-order valence-corrected chi connectivity index (χ0v) is 9.06. The van der Waals surface area contributed by atoms with Crippen LogP contribution in [0.3, 0.4) is 0 Å². The van der Waals surface area contributed by atoms with Crippen molar-refractivity contribution < 1.29 is 0 Å². The molecule has 15 heavy (non-hydrogen) atoms. The van der Waals surface area contributed by atoms with Crippen molar-refractivity contribution in [3.63, 3.8) is 0 Å². The smallest absolute Gasteiger partial charge is 0.0487 e. The first-order valence-corrected chi connectivity index (χ1v) is 5.27. The number of aromatic amines is 1. The largest absolute Gasteiger partial charge is 0.286 e. The number of unbranched alkanes of at least 4 members (excludes halogenated alkanes) is 1. The van der Waals surface area contributed by atoms with Crippen LogP contribution in [0.15, 0.2) is 42.9 Å². The molecule has 2 aromatic heterocycles. The van der Waals surface area contributed by atoms with Crippen molar-refractivity contribution in [3.8, 4) is 0 Å². The number of H-pyrrole nitrogens is 1. The molecule has 0 bridgehead atoms. The van der Waals surface area contributed by atoms with Crippen LogP contribution in [-0.4, -0.2) is 15.2 Å². The summed E-state index contributed by atoms with van der Waals surface area (Å²) in [6, 6.07) is 7.91. The first kappa shape index (κ1) is 11.4. The molecule has 0 saturated carbocycles. The van der Waals surface area contributed by atoms with Gasteiger partial charge >= 0.3 is 0 Å². The summed E-state index contributed by atoms with van der Waals surface area (Å²) in [6.45, 7) is 2.20. The second-order valence-electron chi connectivity index (χ2n) is 3.19. The zero-order valence-electron chi connectivity index (χ0n) is 9.06. The fraction of sp³-hybridized carbons (Fsp3) is 0.333. The van der Waals surface area contributed by atoms with Gasteiger partial charge in [-0.2, -0.15) is 5.10 Å². The van der Waals surface area contributed by atoms with Gasteiger partial charge in [-0.25, -0.2) is 0 Å². The standard InChI is InChI=1S/C9H13N.C3H4N2/c1-2-3-6-9-7-4-5-8-10-9;1-2-4-5-3-1/h4-5,7-8H,2-3,6H2,1H3;1-3H,(H,4,5). The second-order valence-corrected chi connectivity index (χ2v) is 3.19. The highest BCUT2D eigenvalue weighted by atomic mass is 15.1. The Labute approximate surface area is 90.6 Å². The maximum atomic E-state index is 4.22. The van der Waals surface area contributed by atoms with Crippen LogP contribution in [0.1, 0.15) is 25.5 Å². The molecule has 2 rings (SSSR count). The van der Waals surface area contributed by atoms with Crippen LogP contribution < -0.4 is 0 Å². The lowest BCUT2D eigenvalue weighted by atomic mass is 10.2. The van der Waals surface area contributed by atoms with Crippen LogP contribution in [0.2, 0.25) is 0 Å². The fourth-order valence-corrected chi connectivity index (χ4v) is 1.12. The minimum absolute atomic E-state index is 1.12. The van der Waals surface area contributed by atoms with E-state index in [9.17, 15) is 0 Å². The Morgan fingerprint density at radius 1 is 1.20 bits per heavy atom.